The Kier molecular flexibility index (Phi) is 2.79. The summed E-state index contributed by atoms with van der Waals surface area (Å²) in [7, 11) is 0. The van der Waals surface area contributed by atoms with Gasteiger partial charge in [0.2, 0.25) is 0 Å². The third-order valence-electron chi connectivity index (χ3n) is 2.45. The largest absolute Gasteiger partial charge is 0.375 e. The fourth-order valence-corrected chi connectivity index (χ4v) is 1.62. The van der Waals surface area contributed by atoms with Crippen molar-refractivity contribution in [2.45, 2.75) is 19.1 Å². The lowest BCUT2D eigenvalue weighted by Crippen LogP contribution is -2.39. The quantitative estimate of drug-likeness (QED) is 0.738. The number of halogens is 1. The van der Waals surface area contributed by atoms with Crippen molar-refractivity contribution in [2.75, 3.05) is 13.2 Å². The number of hydrogen-bond acceptors (Lipinski definition) is 2. The van der Waals surface area contributed by atoms with Crippen molar-refractivity contribution in [3.63, 3.8) is 0 Å². The molecule has 0 unspecified atom stereocenters. The molecule has 0 saturated carbocycles. The molecule has 0 amide bonds. The van der Waals surface area contributed by atoms with Crippen molar-refractivity contribution < 1.29 is 9.13 Å². The van der Waals surface area contributed by atoms with E-state index >= 15 is 0 Å². The number of rotatable bonds is 1. The molecule has 14 heavy (non-hydrogen) atoms. The summed E-state index contributed by atoms with van der Waals surface area (Å²) in [6.45, 7) is 3.46. The fourth-order valence-electron chi connectivity index (χ4n) is 1.62. The van der Waals surface area contributed by atoms with Gasteiger partial charge in [0.15, 0.2) is 0 Å². The molecule has 76 valence electrons. The second-order valence-electron chi connectivity index (χ2n) is 3.66. The topological polar surface area (TPSA) is 21.3 Å². The average molecular weight is 195 g/mol. The van der Waals surface area contributed by atoms with Gasteiger partial charge in [-0.15, -0.1) is 0 Å². The molecule has 1 fully saturated rings. The SMILES string of the molecule is C[C@@H]1CN[C@H](c2cccc(F)c2)CO1. The Morgan fingerprint density at radius 1 is 1.50 bits per heavy atom. The maximum atomic E-state index is 12.9. The lowest BCUT2D eigenvalue weighted by Gasteiger charge is -2.28. The predicted octanol–water partition coefficient (Wildman–Crippen LogP) is 1.88. The molecule has 1 aliphatic rings. The number of nitrogens with one attached hydrogen (secondary N) is 1. The van der Waals surface area contributed by atoms with Crippen molar-refractivity contribution in [3.05, 3.63) is 35.6 Å². The highest BCUT2D eigenvalue weighted by Crippen LogP contribution is 2.18. The fraction of sp³-hybridized carbons (Fsp3) is 0.455. The van der Waals surface area contributed by atoms with E-state index in [9.17, 15) is 4.39 Å². The average Bonchev–Trinajstić information content (AvgIpc) is 2.19. The van der Waals surface area contributed by atoms with Gasteiger partial charge in [0.1, 0.15) is 5.82 Å². The van der Waals surface area contributed by atoms with Gasteiger partial charge in [-0.05, 0) is 24.6 Å². The van der Waals surface area contributed by atoms with E-state index in [1.165, 1.54) is 6.07 Å². The van der Waals surface area contributed by atoms with Gasteiger partial charge in [0.25, 0.3) is 0 Å². The first-order chi connectivity index (χ1) is 6.75. The van der Waals surface area contributed by atoms with Gasteiger partial charge >= 0.3 is 0 Å². The molecule has 0 aliphatic carbocycles. The van der Waals surface area contributed by atoms with Crippen LogP contribution < -0.4 is 5.32 Å². The van der Waals surface area contributed by atoms with E-state index in [0.717, 1.165) is 12.1 Å². The van der Waals surface area contributed by atoms with E-state index in [2.05, 4.69) is 5.32 Å². The maximum Gasteiger partial charge on any atom is 0.123 e. The standard InChI is InChI=1S/C11H14FNO/c1-8-6-13-11(7-14-8)9-3-2-4-10(12)5-9/h2-5,8,11,13H,6-7H2,1H3/t8-,11+/m1/s1. The molecule has 1 aromatic carbocycles. The Morgan fingerprint density at radius 3 is 3.00 bits per heavy atom. The maximum absolute atomic E-state index is 12.9. The zero-order chi connectivity index (χ0) is 9.97. The van der Waals surface area contributed by atoms with Crippen LogP contribution in [0.1, 0.15) is 18.5 Å². The Bertz CT molecular complexity index is 308. The minimum Gasteiger partial charge on any atom is -0.375 e. The number of hydrogen-bond donors (Lipinski definition) is 1. The van der Waals surface area contributed by atoms with E-state index in [1.54, 1.807) is 12.1 Å². The number of ether oxygens (including phenoxy) is 1. The Labute approximate surface area is 83.1 Å². The summed E-state index contributed by atoms with van der Waals surface area (Å²) in [5.41, 5.74) is 0.955. The smallest absolute Gasteiger partial charge is 0.123 e. The van der Waals surface area contributed by atoms with Crippen LogP contribution in [-0.4, -0.2) is 19.3 Å². The van der Waals surface area contributed by atoms with Crippen LogP contribution in [0.25, 0.3) is 0 Å². The molecule has 1 N–H and O–H groups in total. The van der Waals surface area contributed by atoms with Crippen molar-refractivity contribution in [3.8, 4) is 0 Å². The first-order valence-corrected chi connectivity index (χ1v) is 4.86. The molecule has 2 nitrogen and oxygen atoms in total. The van der Waals surface area contributed by atoms with Crippen molar-refractivity contribution in [1.29, 1.82) is 0 Å². The Hall–Kier alpha value is -0.930. The zero-order valence-electron chi connectivity index (χ0n) is 8.16. The lowest BCUT2D eigenvalue weighted by atomic mass is 10.1. The monoisotopic (exact) mass is 195 g/mol. The van der Waals surface area contributed by atoms with Crippen LogP contribution in [0.3, 0.4) is 0 Å². The molecule has 2 atom stereocenters. The first-order valence-electron chi connectivity index (χ1n) is 4.86. The van der Waals surface area contributed by atoms with Crippen molar-refractivity contribution >= 4 is 0 Å². The minimum absolute atomic E-state index is 0.127. The van der Waals surface area contributed by atoms with E-state index in [1.807, 2.05) is 13.0 Å². The molecule has 0 radical (unpaired) electrons. The summed E-state index contributed by atoms with van der Waals surface area (Å²) in [5, 5.41) is 3.32. The Morgan fingerprint density at radius 2 is 2.36 bits per heavy atom. The van der Waals surface area contributed by atoms with Gasteiger partial charge in [-0.2, -0.15) is 0 Å². The van der Waals surface area contributed by atoms with Crippen LogP contribution in [0, 0.1) is 5.82 Å². The molecule has 1 saturated heterocycles. The highest BCUT2D eigenvalue weighted by molar-refractivity contribution is 5.20. The summed E-state index contributed by atoms with van der Waals surface area (Å²) in [4.78, 5) is 0. The Balaban J connectivity index is 2.08. The van der Waals surface area contributed by atoms with Crippen LogP contribution in [0.2, 0.25) is 0 Å². The highest BCUT2D eigenvalue weighted by Gasteiger charge is 2.19. The zero-order valence-corrected chi connectivity index (χ0v) is 8.16. The molecule has 1 heterocycles. The van der Waals surface area contributed by atoms with Crippen molar-refractivity contribution in [1.82, 2.24) is 5.32 Å². The van der Waals surface area contributed by atoms with Crippen LogP contribution >= 0.6 is 0 Å². The van der Waals surface area contributed by atoms with E-state index < -0.39 is 0 Å². The number of benzene rings is 1. The summed E-state index contributed by atoms with van der Waals surface area (Å²) in [6.07, 6.45) is 0.250. The molecule has 0 bridgehead atoms. The third kappa shape index (κ3) is 2.11. The normalized spacial score (nSPS) is 27.6. The molecular formula is C11H14FNO. The minimum atomic E-state index is -0.192. The molecular weight excluding hydrogens is 181 g/mol. The summed E-state index contributed by atoms with van der Waals surface area (Å²) in [6, 6.07) is 6.78. The number of morpholine rings is 1. The van der Waals surface area contributed by atoms with Gasteiger partial charge in [-0.25, -0.2) is 4.39 Å². The molecule has 0 spiro atoms. The van der Waals surface area contributed by atoms with Gasteiger partial charge in [0.05, 0.1) is 18.8 Å². The van der Waals surface area contributed by atoms with Gasteiger partial charge in [-0.1, -0.05) is 12.1 Å². The van der Waals surface area contributed by atoms with Crippen LogP contribution in [0.5, 0.6) is 0 Å². The molecule has 1 aliphatic heterocycles. The van der Waals surface area contributed by atoms with Crippen LogP contribution in [0.4, 0.5) is 4.39 Å². The highest BCUT2D eigenvalue weighted by atomic mass is 19.1. The van der Waals surface area contributed by atoms with Crippen LogP contribution in [-0.2, 0) is 4.74 Å². The first kappa shape index (κ1) is 9.62. The molecule has 0 aromatic heterocycles. The van der Waals surface area contributed by atoms with Gasteiger partial charge in [-0.3, -0.25) is 0 Å². The molecule has 2 rings (SSSR count). The summed E-state index contributed by atoms with van der Waals surface area (Å²) in [5.74, 6) is -0.192. The molecule has 3 heteroatoms. The van der Waals surface area contributed by atoms with Crippen LogP contribution in [0.15, 0.2) is 24.3 Å². The predicted molar refractivity (Wildman–Crippen MR) is 52.6 cm³/mol. The second kappa shape index (κ2) is 4.07. The van der Waals surface area contributed by atoms with Gasteiger partial charge in [0, 0.05) is 6.54 Å². The lowest BCUT2D eigenvalue weighted by molar-refractivity contribution is 0.0149. The van der Waals surface area contributed by atoms with Gasteiger partial charge < -0.3 is 10.1 Å². The molecule has 1 aromatic rings. The van der Waals surface area contributed by atoms with E-state index in [0.29, 0.717) is 6.61 Å². The van der Waals surface area contributed by atoms with E-state index in [4.69, 9.17) is 4.74 Å². The second-order valence-corrected chi connectivity index (χ2v) is 3.66. The van der Waals surface area contributed by atoms with Crippen molar-refractivity contribution in [2.24, 2.45) is 0 Å². The third-order valence-corrected chi connectivity index (χ3v) is 2.45. The summed E-state index contributed by atoms with van der Waals surface area (Å²) < 4.78 is 18.4. The summed E-state index contributed by atoms with van der Waals surface area (Å²) >= 11 is 0. The van der Waals surface area contributed by atoms with E-state index in [-0.39, 0.29) is 18.0 Å².